The Morgan fingerprint density at radius 1 is 0.935 bits per heavy atom. The van der Waals surface area contributed by atoms with E-state index in [1.165, 1.54) is 9.78 Å². The lowest BCUT2D eigenvalue weighted by molar-refractivity contribution is -0.0199. The summed E-state index contributed by atoms with van der Waals surface area (Å²) in [5, 5.41) is 13.9. The van der Waals surface area contributed by atoms with Gasteiger partial charge in [-0.2, -0.15) is 0 Å². The molecule has 0 radical (unpaired) electrons. The van der Waals surface area contributed by atoms with Crippen LogP contribution in [0.1, 0.15) is 34.8 Å². The summed E-state index contributed by atoms with van der Waals surface area (Å²) in [5.41, 5.74) is 2.12. The zero-order valence-corrected chi connectivity index (χ0v) is 27.3. The van der Waals surface area contributed by atoms with Crippen molar-refractivity contribution < 1.29 is 38.3 Å². The minimum absolute atomic E-state index is 0.0663. The molecule has 9 nitrogen and oxygen atoms in total. The van der Waals surface area contributed by atoms with Crippen LogP contribution in [0.15, 0.2) is 78.2 Å². The minimum Gasteiger partial charge on any atom is -0.494 e. The first-order chi connectivity index (χ1) is 22.5. The van der Waals surface area contributed by atoms with Gasteiger partial charge in [-0.15, -0.1) is 11.3 Å². The van der Waals surface area contributed by atoms with Gasteiger partial charge in [0.2, 0.25) is 0 Å². The zero-order chi connectivity index (χ0) is 32.1. The van der Waals surface area contributed by atoms with Gasteiger partial charge in [-0.05, 0) is 70.1 Å². The minimum atomic E-state index is -0.922. The number of methoxy groups -OCH3 is 2. The van der Waals surface area contributed by atoms with Gasteiger partial charge in [-0.3, -0.25) is 0 Å². The average Bonchev–Trinajstić information content (AvgIpc) is 3.61. The predicted molar refractivity (Wildman–Crippen MR) is 178 cm³/mol. The molecule has 3 atom stereocenters. The average molecular weight is 650 g/mol. The molecule has 1 saturated heterocycles. The number of fused-ring (bicyclic) bond motifs is 1. The summed E-state index contributed by atoms with van der Waals surface area (Å²) >= 11 is 1.70. The van der Waals surface area contributed by atoms with E-state index in [9.17, 15) is 9.90 Å². The third kappa shape index (κ3) is 9.67. The fourth-order valence-corrected chi connectivity index (χ4v) is 6.23. The van der Waals surface area contributed by atoms with E-state index in [1.807, 2.05) is 36.4 Å². The maximum atomic E-state index is 11.8. The molecule has 4 aromatic rings. The molecule has 1 N–H and O–H groups in total. The predicted octanol–water partition coefficient (Wildman–Crippen LogP) is 6.98. The van der Waals surface area contributed by atoms with Gasteiger partial charge in [0.1, 0.15) is 24.2 Å². The molecule has 0 spiro atoms. The smallest absolute Gasteiger partial charge is 0.407 e. The maximum Gasteiger partial charge on any atom is 0.407 e. The number of hydrogen-bond acceptors (Lipinski definition) is 8. The molecule has 1 aromatic heterocycles. The van der Waals surface area contributed by atoms with Crippen LogP contribution in [0.5, 0.6) is 11.5 Å². The van der Waals surface area contributed by atoms with Crippen LogP contribution in [-0.2, 0) is 32.2 Å². The molecule has 0 saturated carbocycles. The topological polar surface area (TPSA) is 95.9 Å². The second-order valence-electron chi connectivity index (χ2n) is 11.3. The van der Waals surface area contributed by atoms with Crippen molar-refractivity contribution in [3.8, 4) is 11.5 Å². The normalized spacial score (nSPS) is 17.2. The highest BCUT2D eigenvalue weighted by atomic mass is 32.1. The van der Waals surface area contributed by atoms with Crippen molar-refractivity contribution in [2.75, 3.05) is 53.7 Å². The fourth-order valence-electron chi connectivity index (χ4n) is 5.59. The van der Waals surface area contributed by atoms with Gasteiger partial charge in [-0.25, -0.2) is 4.79 Å². The van der Waals surface area contributed by atoms with Gasteiger partial charge in [0.05, 0.1) is 45.7 Å². The number of benzene rings is 3. The molecule has 246 valence electrons. The highest BCUT2D eigenvalue weighted by Gasteiger charge is 2.33. The number of amides is 1. The van der Waals surface area contributed by atoms with Crippen LogP contribution in [0.3, 0.4) is 0 Å². The molecule has 3 unspecified atom stereocenters. The van der Waals surface area contributed by atoms with Crippen molar-refractivity contribution in [3.05, 3.63) is 94.2 Å². The monoisotopic (exact) mass is 649 g/mol. The first-order valence-electron chi connectivity index (χ1n) is 15.6. The lowest BCUT2D eigenvalue weighted by atomic mass is 9.87. The molecule has 0 aliphatic carbocycles. The van der Waals surface area contributed by atoms with Crippen LogP contribution in [0, 0.1) is 0 Å². The lowest BCUT2D eigenvalue weighted by Crippen LogP contribution is -2.46. The van der Waals surface area contributed by atoms with E-state index in [0.717, 1.165) is 39.8 Å². The van der Waals surface area contributed by atoms with Crippen LogP contribution < -0.4 is 9.47 Å². The molecule has 1 fully saturated rings. The third-order valence-electron chi connectivity index (χ3n) is 8.13. The van der Waals surface area contributed by atoms with Crippen LogP contribution in [-0.4, -0.2) is 82.0 Å². The molecular formula is C36H43NO8S. The summed E-state index contributed by atoms with van der Waals surface area (Å²) in [6.07, 6.45) is 0.138. The molecule has 1 aliphatic heterocycles. The number of rotatable bonds is 17. The number of carboxylic acid groups (broad SMARTS) is 1. The Kier molecular flexibility index (Phi) is 12.7. The molecule has 10 heteroatoms. The summed E-state index contributed by atoms with van der Waals surface area (Å²) in [4.78, 5) is 14.5. The van der Waals surface area contributed by atoms with Gasteiger partial charge in [-0.1, -0.05) is 36.4 Å². The summed E-state index contributed by atoms with van der Waals surface area (Å²) in [7, 11) is 3.28. The zero-order valence-electron chi connectivity index (χ0n) is 26.5. The molecule has 3 aromatic carbocycles. The molecule has 1 aliphatic rings. The van der Waals surface area contributed by atoms with Crippen molar-refractivity contribution in [2.45, 2.75) is 44.2 Å². The third-order valence-corrected chi connectivity index (χ3v) is 8.98. The molecule has 0 bridgehead atoms. The summed E-state index contributed by atoms with van der Waals surface area (Å²) in [6.45, 7) is 3.86. The first-order valence-corrected chi connectivity index (χ1v) is 16.5. The van der Waals surface area contributed by atoms with Gasteiger partial charge >= 0.3 is 6.09 Å². The Bertz CT molecular complexity index is 1500. The van der Waals surface area contributed by atoms with Gasteiger partial charge in [0, 0.05) is 38.0 Å². The summed E-state index contributed by atoms with van der Waals surface area (Å²) < 4.78 is 34.7. The quantitative estimate of drug-likeness (QED) is 0.123. The van der Waals surface area contributed by atoms with Gasteiger partial charge < -0.3 is 38.4 Å². The van der Waals surface area contributed by atoms with Gasteiger partial charge in [0.25, 0.3) is 0 Å². The number of piperidine rings is 1. The molecule has 5 rings (SSSR count). The van der Waals surface area contributed by atoms with E-state index in [-0.39, 0.29) is 18.1 Å². The van der Waals surface area contributed by atoms with Crippen molar-refractivity contribution in [1.29, 1.82) is 0 Å². The van der Waals surface area contributed by atoms with Crippen molar-refractivity contribution in [1.82, 2.24) is 4.90 Å². The lowest BCUT2D eigenvalue weighted by Gasteiger charge is -2.37. The largest absolute Gasteiger partial charge is 0.494 e. The van der Waals surface area contributed by atoms with E-state index in [2.05, 4.69) is 41.8 Å². The molecule has 46 heavy (non-hydrogen) atoms. The Balaban J connectivity index is 1.17. The van der Waals surface area contributed by atoms with E-state index in [0.29, 0.717) is 59.2 Å². The molecule has 1 amide bonds. The SMILES string of the molecule is COCC(COc1ccc2ccc(COC3CN(C(=O)O)CCC3c3ccc(OCCCOCc4cccs4)cc3)cc2c1)OC. The Hall–Kier alpha value is -3.67. The van der Waals surface area contributed by atoms with Crippen LogP contribution in [0.2, 0.25) is 0 Å². The number of likely N-dealkylation sites (tertiary alicyclic amines) is 1. The van der Waals surface area contributed by atoms with Gasteiger partial charge in [0.15, 0.2) is 0 Å². The fraction of sp³-hybridized carbons (Fsp3) is 0.417. The van der Waals surface area contributed by atoms with Crippen LogP contribution in [0.25, 0.3) is 10.8 Å². The second-order valence-corrected chi connectivity index (χ2v) is 12.4. The Labute approximate surface area is 274 Å². The Morgan fingerprint density at radius 2 is 1.76 bits per heavy atom. The van der Waals surface area contributed by atoms with E-state index in [1.54, 1.807) is 25.6 Å². The van der Waals surface area contributed by atoms with Crippen molar-refractivity contribution in [2.24, 2.45) is 0 Å². The molecule has 2 heterocycles. The van der Waals surface area contributed by atoms with Crippen molar-refractivity contribution in [3.63, 3.8) is 0 Å². The van der Waals surface area contributed by atoms with E-state index in [4.69, 9.17) is 28.4 Å². The van der Waals surface area contributed by atoms with E-state index >= 15 is 0 Å². The van der Waals surface area contributed by atoms with Crippen LogP contribution in [0.4, 0.5) is 4.79 Å². The first kappa shape index (κ1) is 33.7. The standard InChI is InChI=1S/C36H43NO8S/c1-40-23-32(41-2)24-44-31-13-8-27-7-6-26(19-29(27)20-31)22-45-35-21-37(36(38)39)15-14-34(35)28-9-11-30(12-10-28)43-17-4-16-42-25-33-5-3-18-46-33/h3,5-13,18-20,32,34-35H,4,14-17,21-25H2,1-2H3,(H,38,39). The number of nitrogens with zero attached hydrogens (tertiary/aromatic N) is 1. The van der Waals surface area contributed by atoms with Crippen LogP contribution >= 0.6 is 11.3 Å². The molecular weight excluding hydrogens is 606 g/mol. The number of thiophene rings is 1. The summed E-state index contributed by atoms with van der Waals surface area (Å²) in [6, 6.07) is 24.4. The number of ether oxygens (including phenoxy) is 6. The van der Waals surface area contributed by atoms with E-state index < -0.39 is 6.09 Å². The number of carbonyl (C=O) groups is 1. The summed E-state index contributed by atoms with van der Waals surface area (Å²) in [5.74, 6) is 1.62. The van der Waals surface area contributed by atoms with Crippen molar-refractivity contribution >= 4 is 28.2 Å². The highest BCUT2D eigenvalue weighted by molar-refractivity contribution is 7.09. The Morgan fingerprint density at radius 3 is 2.52 bits per heavy atom. The number of hydrogen-bond donors (Lipinski definition) is 1. The highest BCUT2D eigenvalue weighted by Crippen LogP contribution is 2.33. The maximum absolute atomic E-state index is 11.8. The second kappa shape index (κ2) is 17.3.